The Hall–Kier alpha value is -3.42. The number of nitrogens with one attached hydrogen (secondary N) is 2. The first kappa shape index (κ1) is 19.3. The van der Waals surface area contributed by atoms with Crippen molar-refractivity contribution in [3.63, 3.8) is 0 Å². The first-order valence-electron chi connectivity index (χ1n) is 9.13. The van der Waals surface area contributed by atoms with Crippen LogP contribution in [0.3, 0.4) is 0 Å². The summed E-state index contributed by atoms with van der Waals surface area (Å²) >= 11 is 0. The maximum absolute atomic E-state index is 12.2. The van der Waals surface area contributed by atoms with Crippen LogP contribution in [0.25, 0.3) is 0 Å². The Morgan fingerprint density at radius 3 is 2.46 bits per heavy atom. The van der Waals surface area contributed by atoms with Crippen molar-refractivity contribution in [1.82, 2.24) is 15.2 Å². The second-order valence-corrected chi connectivity index (χ2v) is 6.52. The number of hydrogen-bond donors (Lipinski definition) is 2. The maximum atomic E-state index is 12.2. The number of para-hydroxylation sites is 1. The number of likely N-dealkylation sites (tertiary alicyclic amines) is 1. The van der Waals surface area contributed by atoms with E-state index in [1.54, 1.807) is 35.4 Å². The smallest absolute Gasteiger partial charge is 0.410 e. The molecule has 0 spiro atoms. The number of carbonyl (C=O) groups excluding carboxylic acids is 3. The second kappa shape index (κ2) is 9.50. The minimum absolute atomic E-state index is 0.205. The molecule has 1 saturated heterocycles. The van der Waals surface area contributed by atoms with Gasteiger partial charge >= 0.3 is 17.9 Å². The first-order valence-corrected chi connectivity index (χ1v) is 9.13. The lowest BCUT2D eigenvalue weighted by atomic mass is 9.97. The van der Waals surface area contributed by atoms with Gasteiger partial charge in [-0.3, -0.25) is 14.6 Å². The van der Waals surface area contributed by atoms with Crippen LogP contribution in [0.5, 0.6) is 5.75 Å². The number of amides is 3. The van der Waals surface area contributed by atoms with Crippen molar-refractivity contribution in [2.75, 3.05) is 25.0 Å². The van der Waals surface area contributed by atoms with Crippen LogP contribution in [-0.4, -0.2) is 47.4 Å². The molecule has 1 aromatic heterocycles. The van der Waals surface area contributed by atoms with Crippen LogP contribution in [0, 0.1) is 5.92 Å². The van der Waals surface area contributed by atoms with Crippen molar-refractivity contribution in [2.45, 2.75) is 12.8 Å². The summed E-state index contributed by atoms with van der Waals surface area (Å²) in [6.45, 7) is 1.49. The SMILES string of the molecule is O=C(NCC1CCN(C(=O)Oc2ccccc2)CC1)C(=O)Nc1cccnc1. The summed E-state index contributed by atoms with van der Waals surface area (Å²) in [7, 11) is 0. The van der Waals surface area contributed by atoms with Gasteiger partial charge in [-0.2, -0.15) is 0 Å². The zero-order valence-electron chi connectivity index (χ0n) is 15.3. The van der Waals surface area contributed by atoms with Crippen LogP contribution in [0.1, 0.15) is 12.8 Å². The van der Waals surface area contributed by atoms with Crippen molar-refractivity contribution in [1.29, 1.82) is 0 Å². The number of rotatable bonds is 4. The average molecular weight is 382 g/mol. The molecule has 146 valence electrons. The van der Waals surface area contributed by atoms with Crippen molar-refractivity contribution >= 4 is 23.6 Å². The van der Waals surface area contributed by atoms with E-state index in [1.165, 1.54) is 6.20 Å². The van der Waals surface area contributed by atoms with E-state index < -0.39 is 11.8 Å². The van der Waals surface area contributed by atoms with Crippen LogP contribution in [-0.2, 0) is 9.59 Å². The Morgan fingerprint density at radius 2 is 1.79 bits per heavy atom. The van der Waals surface area contributed by atoms with E-state index in [-0.39, 0.29) is 12.0 Å². The summed E-state index contributed by atoms with van der Waals surface area (Å²) in [5, 5.41) is 5.14. The largest absolute Gasteiger partial charge is 0.415 e. The van der Waals surface area contributed by atoms with E-state index in [0.29, 0.717) is 31.1 Å². The highest BCUT2D eigenvalue weighted by Gasteiger charge is 2.25. The van der Waals surface area contributed by atoms with Gasteiger partial charge in [-0.05, 0) is 43.0 Å². The molecule has 1 aromatic carbocycles. The summed E-state index contributed by atoms with van der Waals surface area (Å²) in [6, 6.07) is 12.3. The standard InChI is InChI=1S/C20H22N4O4/c25-18(19(26)23-16-5-4-10-21-14-16)22-13-15-8-11-24(12-9-15)20(27)28-17-6-2-1-3-7-17/h1-7,10,14-15H,8-9,11-13H2,(H,22,25)(H,23,26). The summed E-state index contributed by atoms with van der Waals surface area (Å²) in [5.74, 6) is -0.691. The van der Waals surface area contributed by atoms with Gasteiger partial charge < -0.3 is 20.3 Å². The molecule has 1 aliphatic rings. The molecule has 0 atom stereocenters. The van der Waals surface area contributed by atoms with Gasteiger partial charge in [-0.1, -0.05) is 18.2 Å². The minimum Gasteiger partial charge on any atom is -0.410 e. The van der Waals surface area contributed by atoms with Gasteiger partial charge in [0.1, 0.15) is 5.75 Å². The fraction of sp³-hybridized carbons (Fsp3) is 0.300. The quantitative estimate of drug-likeness (QED) is 0.788. The predicted molar refractivity (Wildman–Crippen MR) is 103 cm³/mol. The highest BCUT2D eigenvalue weighted by Crippen LogP contribution is 2.18. The first-order chi connectivity index (χ1) is 13.6. The van der Waals surface area contributed by atoms with Crippen LogP contribution < -0.4 is 15.4 Å². The molecule has 2 N–H and O–H groups in total. The topological polar surface area (TPSA) is 101 Å². The van der Waals surface area contributed by atoms with Crippen molar-refractivity contribution in [2.24, 2.45) is 5.92 Å². The Bertz CT molecular complexity index is 805. The molecule has 0 radical (unpaired) electrons. The predicted octanol–water partition coefficient (Wildman–Crippen LogP) is 2.05. The van der Waals surface area contributed by atoms with Crippen molar-refractivity contribution in [3.8, 4) is 5.75 Å². The molecule has 0 bridgehead atoms. The molecular formula is C20H22N4O4. The number of piperidine rings is 1. The average Bonchev–Trinajstić information content (AvgIpc) is 2.73. The molecular weight excluding hydrogens is 360 g/mol. The number of carbonyl (C=O) groups is 3. The van der Waals surface area contributed by atoms with Gasteiger partial charge in [0, 0.05) is 25.8 Å². The Balaban J connectivity index is 1.37. The Kier molecular flexibility index (Phi) is 6.56. The fourth-order valence-electron chi connectivity index (χ4n) is 2.92. The van der Waals surface area contributed by atoms with E-state index in [4.69, 9.17) is 4.74 Å². The highest BCUT2D eigenvalue weighted by molar-refractivity contribution is 6.39. The van der Waals surface area contributed by atoms with Gasteiger partial charge in [0.2, 0.25) is 0 Å². The third-order valence-corrected chi connectivity index (χ3v) is 4.50. The molecule has 3 amide bonds. The van der Waals surface area contributed by atoms with E-state index in [1.807, 2.05) is 18.2 Å². The molecule has 28 heavy (non-hydrogen) atoms. The van der Waals surface area contributed by atoms with E-state index in [0.717, 1.165) is 12.8 Å². The summed E-state index contributed by atoms with van der Waals surface area (Å²) in [4.78, 5) is 41.5. The molecule has 3 rings (SSSR count). The van der Waals surface area contributed by atoms with E-state index in [9.17, 15) is 14.4 Å². The lowest BCUT2D eigenvalue weighted by Crippen LogP contribution is -2.44. The van der Waals surface area contributed by atoms with Crippen molar-refractivity contribution < 1.29 is 19.1 Å². The van der Waals surface area contributed by atoms with Gasteiger partial charge in [0.15, 0.2) is 0 Å². The summed E-state index contributed by atoms with van der Waals surface area (Å²) < 4.78 is 5.33. The molecule has 1 fully saturated rings. The minimum atomic E-state index is -0.725. The molecule has 0 saturated carbocycles. The molecule has 0 unspecified atom stereocenters. The molecule has 8 heteroatoms. The second-order valence-electron chi connectivity index (χ2n) is 6.52. The fourth-order valence-corrected chi connectivity index (χ4v) is 2.92. The lowest BCUT2D eigenvalue weighted by molar-refractivity contribution is -0.136. The Morgan fingerprint density at radius 1 is 1.04 bits per heavy atom. The van der Waals surface area contributed by atoms with Crippen LogP contribution in [0.15, 0.2) is 54.9 Å². The third kappa shape index (κ3) is 5.54. The molecule has 2 aromatic rings. The Labute approximate surface area is 162 Å². The molecule has 1 aliphatic heterocycles. The summed E-state index contributed by atoms with van der Waals surface area (Å²) in [6.07, 6.45) is 4.14. The maximum Gasteiger partial charge on any atom is 0.415 e. The van der Waals surface area contributed by atoms with Gasteiger partial charge in [-0.15, -0.1) is 0 Å². The van der Waals surface area contributed by atoms with Crippen LogP contribution >= 0.6 is 0 Å². The van der Waals surface area contributed by atoms with E-state index in [2.05, 4.69) is 15.6 Å². The number of nitrogens with zero attached hydrogens (tertiary/aromatic N) is 2. The van der Waals surface area contributed by atoms with Gasteiger partial charge in [0.05, 0.1) is 11.9 Å². The molecule has 8 nitrogen and oxygen atoms in total. The zero-order chi connectivity index (χ0) is 19.8. The van der Waals surface area contributed by atoms with Crippen LogP contribution in [0.4, 0.5) is 10.5 Å². The van der Waals surface area contributed by atoms with Gasteiger partial charge in [-0.25, -0.2) is 4.79 Å². The number of benzene rings is 1. The molecule has 2 heterocycles. The monoisotopic (exact) mass is 382 g/mol. The number of aromatic nitrogens is 1. The third-order valence-electron chi connectivity index (χ3n) is 4.50. The van der Waals surface area contributed by atoms with Crippen molar-refractivity contribution in [3.05, 3.63) is 54.9 Å². The van der Waals surface area contributed by atoms with E-state index >= 15 is 0 Å². The lowest BCUT2D eigenvalue weighted by Gasteiger charge is -2.31. The number of hydrogen-bond acceptors (Lipinski definition) is 5. The number of ether oxygens (including phenoxy) is 1. The number of pyridine rings is 1. The number of anilines is 1. The highest BCUT2D eigenvalue weighted by atomic mass is 16.6. The van der Waals surface area contributed by atoms with Crippen LogP contribution in [0.2, 0.25) is 0 Å². The summed E-state index contributed by atoms with van der Waals surface area (Å²) in [5.41, 5.74) is 0.466. The normalized spacial score (nSPS) is 14.2. The van der Waals surface area contributed by atoms with Gasteiger partial charge in [0.25, 0.3) is 0 Å². The zero-order valence-corrected chi connectivity index (χ0v) is 15.3. The molecule has 0 aliphatic carbocycles.